The molecule has 1 aliphatic carbocycles. The number of ketones is 1. The lowest BCUT2D eigenvalue weighted by Crippen LogP contribution is -2.33. The van der Waals surface area contributed by atoms with Gasteiger partial charge in [-0.15, -0.1) is 5.10 Å². The lowest BCUT2D eigenvalue weighted by molar-refractivity contribution is -0.137. The number of ether oxygens (including phenoxy) is 1. The third-order valence-electron chi connectivity index (χ3n) is 5.04. The number of carbonyl (C=O) groups excluding carboxylic acids is 2. The Balaban J connectivity index is 1.76. The Labute approximate surface area is 167 Å². The number of rotatable bonds is 4. The van der Waals surface area contributed by atoms with Crippen LogP contribution in [0.25, 0.3) is 0 Å². The van der Waals surface area contributed by atoms with Gasteiger partial charge in [0.25, 0.3) is 0 Å². The fourth-order valence-corrected chi connectivity index (χ4v) is 4.35. The molecule has 1 aromatic heterocycles. The first-order chi connectivity index (χ1) is 13.5. The second-order valence-electron chi connectivity index (χ2n) is 7.29. The fourth-order valence-electron chi connectivity index (χ4n) is 3.69. The molecule has 0 saturated heterocycles. The molecule has 0 bridgehead atoms. The molecule has 0 radical (unpaired) electrons. The van der Waals surface area contributed by atoms with E-state index in [1.54, 1.807) is 4.68 Å². The molecule has 0 amide bonds. The summed E-state index contributed by atoms with van der Waals surface area (Å²) in [7, 11) is 1.36. The van der Waals surface area contributed by atoms with Crippen LogP contribution in [0.3, 0.4) is 0 Å². The number of methoxy groups -OCH3 is 1. The Kier molecular flexibility index (Phi) is 4.97. The molecule has 1 N–H and O–H groups in total. The van der Waals surface area contributed by atoms with Gasteiger partial charge in [0.1, 0.15) is 6.04 Å². The SMILES string of the molecule is COC(=O)CSc1nc2n(n1)[C@H](c1ccc(C)cc1)C1=C(C[C@@H](C)CC1=O)N2. The summed E-state index contributed by atoms with van der Waals surface area (Å²) in [6, 6.07) is 7.84. The molecule has 2 aromatic rings. The zero-order valence-electron chi connectivity index (χ0n) is 16.1. The van der Waals surface area contributed by atoms with Crippen LogP contribution in [0.15, 0.2) is 40.7 Å². The number of aromatic nitrogens is 3. The molecule has 0 spiro atoms. The van der Waals surface area contributed by atoms with E-state index in [0.29, 0.717) is 23.4 Å². The molecule has 1 aromatic carbocycles. The summed E-state index contributed by atoms with van der Waals surface area (Å²) >= 11 is 1.22. The second kappa shape index (κ2) is 7.43. The van der Waals surface area contributed by atoms with E-state index in [2.05, 4.69) is 27.1 Å². The molecule has 4 rings (SSSR count). The Morgan fingerprint density at radius 2 is 2.07 bits per heavy atom. The smallest absolute Gasteiger partial charge is 0.316 e. The van der Waals surface area contributed by atoms with Crippen molar-refractivity contribution < 1.29 is 14.3 Å². The average Bonchev–Trinajstić information content (AvgIpc) is 3.07. The van der Waals surface area contributed by atoms with Gasteiger partial charge in [-0.2, -0.15) is 4.98 Å². The predicted octanol–water partition coefficient (Wildman–Crippen LogP) is 3.12. The highest BCUT2D eigenvalue weighted by Gasteiger charge is 2.38. The number of Topliss-reactive ketones (excluding diaryl/α,β-unsaturated/α-hetero) is 1. The van der Waals surface area contributed by atoms with Gasteiger partial charge >= 0.3 is 5.97 Å². The second-order valence-corrected chi connectivity index (χ2v) is 8.24. The maximum atomic E-state index is 12.9. The average molecular weight is 398 g/mol. The molecule has 2 aliphatic rings. The van der Waals surface area contributed by atoms with E-state index >= 15 is 0 Å². The number of carbonyl (C=O) groups is 2. The number of nitrogens with one attached hydrogen (secondary N) is 1. The highest BCUT2D eigenvalue weighted by atomic mass is 32.2. The molecular formula is C20H22N4O3S. The normalized spacial score (nSPS) is 21.0. The third-order valence-corrected chi connectivity index (χ3v) is 5.86. The number of nitrogens with zero attached hydrogens (tertiary/aromatic N) is 3. The third kappa shape index (κ3) is 3.44. The van der Waals surface area contributed by atoms with Crippen molar-refractivity contribution in [1.82, 2.24) is 14.8 Å². The number of fused-ring (bicyclic) bond motifs is 1. The van der Waals surface area contributed by atoms with Crippen LogP contribution >= 0.6 is 11.8 Å². The van der Waals surface area contributed by atoms with Crippen LogP contribution in [-0.2, 0) is 14.3 Å². The Hall–Kier alpha value is -2.61. The summed E-state index contributed by atoms with van der Waals surface area (Å²) in [6.07, 6.45) is 1.35. The van der Waals surface area contributed by atoms with Gasteiger partial charge < -0.3 is 10.1 Å². The lowest BCUT2D eigenvalue weighted by atomic mass is 9.81. The lowest BCUT2D eigenvalue weighted by Gasteiger charge is -2.34. The molecular weight excluding hydrogens is 376 g/mol. The van der Waals surface area contributed by atoms with Gasteiger partial charge in [-0.05, 0) is 24.8 Å². The van der Waals surface area contributed by atoms with E-state index in [0.717, 1.165) is 28.8 Å². The largest absolute Gasteiger partial charge is 0.468 e. The van der Waals surface area contributed by atoms with E-state index in [4.69, 9.17) is 0 Å². The van der Waals surface area contributed by atoms with E-state index in [1.807, 2.05) is 31.2 Å². The van der Waals surface area contributed by atoms with Crippen molar-refractivity contribution in [1.29, 1.82) is 0 Å². The Morgan fingerprint density at radius 1 is 1.32 bits per heavy atom. The Morgan fingerprint density at radius 3 is 2.79 bits per heavy atom. The van der Waals surface area contributed by atoms with Crippen LogP contribution in [0.1, 0.15) is 36.9 Å². The standard InChI is InChI=1S/C20H22N4O3S/c1-11-4-6-13(7-5-11)18-17-14(8-12(2)9-15(17)25)21-19-22-20(23-24(18)19)28-10-16(26)27-3/h4-7,12,18H,8-10H2,1-3H3,(H,21,22,23)/t12-,18-/m1/s1. The van der Waals surface area contributed by atoms with Crippen LogP contribution in [-0.4, -0.2) is 39.4 Å². The van der Waals surface area contributed by atoms with Crippen LogP contribution in [0.2, 0.25) is 0 Å². The van der Waals surface area contributed by atoms with Crippen LogP contribution in [0, 0.1) is 12.8 Å². The van der Waals surface area contributed by atoms with Gasteiger partial charge in [-0.3, -0.25) is 9.59 Å². The molecule has 8 heteroatoms. The first-order valence-corrected chi connectivity index (χ1v) is 10.2. The van der Waals surface area contributed by atoms with Gasteiger partial charge in [0.2, 0.25) is 11.1 Å². The number of hydrogen-bond donors (Lipinski definition) is 1. The number of anilines is 1. The molecule has 1 aliphatic heterocycles. The summed E-state index contributed by atoms with van der Waals surface area (Å²) in [5.41, 5.74) is 3.85. The van der Waals surface area contributed by atoms with Crippen LogP contribution in [0.5, 0.6) is 0 Å². The first kappa shape index (κ1) is 18.7. The number of allylic oxidation sites excluding steroid dienone is 2. The zero-order chi connectivity index (χ0) is 19.8. The minimum atomic E-state index is -0.331. The van der Waals surface area contributed by atoms with Crippen molar-refractivity contribution in [2.24, 2.45) is 5.92 Å². The van der Waals surface area contributed by atoms with Crippen molar-refractivity contribution >= 4 is 29.5 Å². The summed E-state index contributed by atoms with van der Waals surface area (Å²) in [5, 5.41) is 8.38. The number of benzene rings is 1. The summed E-state index contributed by atoms with van der Waals surface area (Å²) in [5.74, 6) is 0.843. The highest BCUT2D eigenvalue weighted by Crippen LogP contribution is 2.41. The van der Waals surface area contributed by atoms with E-state index in [-0.39, 0.29) is 23.5 Å². The molecule has 7 nitrogen and oxygen atoms in total. The molecule has 28 heavy (non-hydrogen) atoms. The summed E-state index contributed by atoms with van der Waals surface area (Å²) in [6.45, 7) is 4.12. The molecule has 0 saturated carbocycles. The number of thioether (sulfide) groups is 1. The maximum Gasteiger partial charge on any atom is 0.316 e. The summed E-state index contributed by atoms with van der Waals surface area (Å²) < 4.78 is 6.45. The van der Waals surface area contributed by atoms with Crippen molar-refractivity contribution in [2.45, 2.75) is 37.9 Å². The van der Waals surface area contributed by atoms with Crippen molar-refractivity contribution in [3.63, 3.8) is 0 Å². The van der Waals surface area contributed by atoms with Gasteiger partial charge in [0, 0.05) is 17.7 Å². The van der Waals surface area contributed by atoms with Crippen LogP contribution in [0.4, 0.5) is 5.95 Å². The molecule has 146 valence electrons. The molecule has 2 heterocycles. The van der Waals surface area contributed by atoms with Gasteiger partial charge in [0.05, 0.1) is 12.9 Å². The predicted molar refractivity (Wildman–Crippen MR) is 106 cm³/mol. The quantitative estimate of drug-likeness (QED) is 0.625. The minimum Gasteiger partial charge on any atom is -0.468 e. The molecule has 0 fully saturated rings. The maximum absolute atomic E-state index is 12.9. The molecule has 0 unspecified atom stereocenters. The van der Waals surface area contributed by atoms with Gasteiger partial charge in [0.15, 0.2) is 5.78 Å². The minimum absolute atomic E-state index is 0.137. The van der Waals surface area contributed by atoms with Gasteiger partial charge in [-0.1, -0.05) is 48.5 Å². The van der Waals surface area contributed by atoms with Crippen molar-refractivity contribution in [2.75, 3.05) is 18.2 Å². The number of aryl methyl sites for hydroxylation is 1. The van der Waals surface area contributed by atoms with E-state index < -0.39 is 0 Å². The fraction of sp³-hybridized carbons (Fsp3) is 0.400. The van der Waals surface area contributed by atoms with Crippen LogP contribution < -0.4 is 5.32 Å². The zero-order valence-corrected chi connectivity index (χ0v) is 16.9. The van der Waals surface area contributed by atoms with E-state index in [1.165, 1.54) is 18.9 Å². The molecule has 2 atom stereocenters. The number of esters is 1. The van der Waals surface area contributed by atoms with Gasteiger partial charge in [-0.25, -0.2) is 4.68 Å². The monoisotopic (exact) mass is 398 g/mol. The highest BCUT2D eigenvalue weighted by molar-refractivity contribution is 7.99. The Bertz CT molecular complexity index is 964. The topological polar surface area (TPSA) is 86.1 Å². The van der Waals surface area contributed by atoms with Crippen molar-refractivity contribution in [3.05, 3.63) is 46.7 Å². The van der Waals surface area contributed by atoms with Crippen molar-refractivity contribution in [3.8, 4) is 0 Å². The van der Waals surface area contributed by atoms with E-state index in [9.17, 15) is 9.59 Å². The summed E-state index contributed by atoms with van der Waals surface area (Å²) in [4.78, 5) is 28.9. The first-order valence-electron chi connectivity index (χ1n) is 9.22. The number of hydrogen-bond acceptors (Lipinski definition) is 7.